The summed E-state index contributed by atoms with van der Waals surface area (Å²) in [6.07, 6.45) is 4.50. The van der Waals surface area contributed by atoms with Gasteiger partial charge in [0.05, 0.1) is 20.5 Å². The second kappa shape index (κ2) is 10.7. The Balaban J connectivity index is 1.52. The molecule has 236 valence electrons. The summed E-state index contributed by atoms with van der Waals surface area (Å²) in [5.74, 6) is 0. The summed E-state index contributed by atoms with van der Waals surface area (Å²) >= 11 is 0. The van der Waals surface area contributed by atoms with Gasteiger partial charge in [-0.3, -0.25) is 0 Å². The first-order chi connectivity index (χ1) is 22.2. The summed E-state index contributed by atoms with van der Waals surface area (Å²) in [6, 6.07) is 36.5. The summed E-state index contributed by atoms with van der Waals surface area (Å²) in [5.41, 5.74) is 15.6. The van der Waals surface area contributed by atoms with Crippen LogP contribution in [0.2, 0.25) is 0 Å². The van der Waals surface area contributed by atoms with Gasteiger partial charge in [0.15, 0.2) is 0 Å². The van der Waals surface area contributed by atoms with Crippen molar-refractivity contribution >= 4 is 10.8 Å². The zero-order chi connectivity index (χ0) is 33.5. The van der Waals surface area contributed by atoms with E-state index in [-0.39, 0.29) is 16.2 Å². The van der Waals surface area contributed by atoms with E-state index in [0.29, 0.717) is 0 Å². The Bertz CT molecular complexity index is 2200. The molecule has 0 aliphatic heterocycles. The van der Waals surface area contributed by atoms with E-state index < -0.39 is 0 Å². The molecule has 0 saturated heterocycles. The molecule has 0 N–H and O–H groups in total. The van der Waals surface area contributed by atoms with Gasteiger partial charge in [-0.15, -0.1) is 0 Å². The molecule has 0 bridgehead atoms. The number of aromatic nitrogens is 2. The van der Waals surface area contributed by atoms with E-state index in [9.17, 15) is 0 Å². The molecule has 7 rings (SSSR count). The van der Waals surface area contributed by atoms with Gasteiger partial charge in [0, 0.05) is 29.7 Å². The number of hydrogen-bond donors (Lipinski definition) is 0. The number of nitrogens with zero attached hydrogens (tertiary/aromatic N) is 2. The predicted molar refractivity (Wildman–Crippen MR) is 197 cm³/mol. The Hall–Kier alpha value is -4.56. The van der Waals surface area contributed by atoms with Crippen LogP contribution in [0.15, 0.2) is 109 Å². The van der Waals surface area contributed by atoms with Crippen LogP contribution >= 0.6 is 0 Å². The first-order valence-electron chi connectivity index (χ1n) is 17.0. The normalized spacial score (nSPS) is 13.9. The van der Waals surface area contributed by atoms with Crippen LogP contribution in [0.1, 0.15) is 88.8 Å². The molecule has 1 aliphatic carbocycles. The molecular weight excluding hydrogens is 569 g/mol. The molecule has 1 aliphatic rings. The molecule has 2 nitrogen and oxygen atoms in total. The summed E-state index contributed by atoms with van der Waals surface area (Å²) in [7, 11) is 0. The van der Waals surface area contributed by atoms with Crippen LogP contribution < -0.4 is 9.35 Å². The van der Waals surface area contributed by atoms with Crippen molar-refractivity contribution in [3.8, 4) is 33.6 Å². The molecule has 0 saturated carbocycles. The minimum atomic E-state index is -0.179. The van der Waals surface area contributed by atoms with Gasteiger partial charge in [-0.05, 0) is 92.1 Å². The Morgan fingerprint density at radius 3 is 1.87 bits per heavy atom. The zero-order valence-electron chi connectivity index (χ0n) is 29.8. The number of pyridine rings is 2. The summed E-state index contributed by atoms with van der Waals surface area (Å²) < 4.78 is 4.73. The van der Waals surface area contributed by atoms with E-state index in [4.69, 9.17) is 0 Å². The average Bonchev–Trinajstić information content (AvgIpc) is 3.26. The van der Waals surface area contributed by atoms with Crippen molar-refractivity contribution in [2.45, 2.75) is 85.5 Å². The Morgan fingerprint density at radius 2 is 1.13 bits per heavy atom. The lowest BCUT2D eigenvalue weighted by Crippen LogP contribution is -2.68. The monoisotopic (exact) mass is 616 g/mol. The molecule has 6 aromatic rings. The van der Waals surface area contributed by atoms with E-state index in [2.05, 4.69) is 188 Å². The topological polar surface area (TPSA) is 7.76 Å². The first-order valence-corrected chi connectivity index (χ1v) is 17.0. The molecule has 0 amide bonds. The van der Waals surface area contributed by atoms with Gasteiger partial charge in [0.2, 0.25) is 12.4 Å². The average molecular weight is 617 g/mol. The molecule has 2 heterocycles. The van der Waals surface area contributed by atoms with E-state index in [0.717, 1.165) is 0 Å². The Morgan fingerprint density at radius 1 is 0.511 bits per heavy atom. The fourth-order valence-electron chi connectivity index (χ4n) is 7.74. The highest BCUT2D eigenvalue weighted by Crippen LogP contribution is 2.54. The molecule has 0 unspecified atom stereocenters. The van der Waals surface area contributed by atoms with Gasteiger partial charge >= 0.3 is 0 Å². The highest BCUT2D eigenvalue weighted by molar-refractivity contribution is 5.99. The van der Waals surface area contributed by atoms with Crippen LogP contribution in [0.3, 0.4) is 0 Å². The van der Waals surface area contributed by atoms with Crippen LogP contribution in [0.5, 0.6) is 0 Å². The number of rotatable bonds is 3. The van der Waals surface area contributed by atoms with Crippen LogP contribution in [0, 0.1) is 13.8 Å². The van der Waals surface area contributed by atoms with Gasteiger partial charge in [0.25, 0.3) is 11.4 Å². The fraction of sp³-hybridized carbons (Fsp3) is 0.289. The SMILES string of the molecule is Cc1ccc(C(C)(C)C)cc1-c1cc(C(C)(C)C)cc[n+]1-[n+]1ccccc1-c1c(C)ccc2c1C(C)(C)c1c-2ccc2ccccc12. The molecule has 0 radical (unpaired) electrons. The zero-order valence-corrected chi connectivity index (χ0v) is 29.8. The minimum absolute atomic E-state index is 0.0168. The fourth-order valence-corrected chi connectivity index (χ4v) is 7.74. The number of benzene rings is 4. The smallest absolute Gasteiger partial charge is 0.0616 e. The number of hydrogen-bond acceptors (Lipinski definition) is 0. The lowest BCUT2D eigenvalue weighted by atomic mass is 9.77. The van der Waals surface area contributed by atoms with Crippen molar-refractivity contribution < 1.29 is 9.35 Å². The second-order valence-electron chi connectivity index (χ2n) is 16.1. The quantitative estimate of drug-likeness (QED) is 0.175. The van der Waals surface area contributed by atoms with Gasteiger partial charge in [0.1, 0.15) is 0 Å². The third-order valence-corrected chi connectivity index (χ3v) is 10.4. The maximum Gasteiger partial charge on any atom is 0.284 e. The Kier molecular flexibility index (Phi) is 7.10. The van der Waals surface area contributed by atoms with Crippen LogP contribution in [0.25, 0.3) is 44.4 Å². The van der Waals surface area contributed by atoms with Crippen LogP contribution in [-0.2, 0) is 16.2 Å². The summed E-state index contributed by atoms with van der Waals surface area (Å²) in [6.45, 7) is 23.1. The molecular formula is C45H48N2+2. The lowest BCUT2D eigenvalue weighted by Gasteiger charge is -2.25. The van der Waals surface area contributed by atoms with Crippen molar-refractivity contribution in [3.63, 3.8) is 0 Å². The standard InChI is InChI=1S/C45H48N2/c1-29-18-21-32(43(3,4)5)27-37(29)39-28-33(44(6,7)8)24-26-47(39)46-25-14-13-17-38(46)40-30(2)19-22-36-35-23-20-31-15-11-12-16-34(31)41(35)45(9,10)42(36)40/h11-28H,1-10H3/q+2. The highest BCUT2D eigenvalue weighted by Gasteiger charge is 2.42. The molecule has 2 aromatic heterocycles. The predicted octanol–water partition coefficient (Wildman–Crippen LogP) is 10.6. The first kappa shape index (κ1) is 31.1. The maximum absolute atomic E-state index is 2.42. The summed E-state index contributed by atoms with van der Waals surface area (Å²) in [4.78, 5) is 0. The van der Waals surface area contributed by atoms with Gasteiger partial charge in [-0.25, -0.2) is 0 Å². The molecule has 2 heteroatoms. The Labute approximate surface area is 281 Å². The molecule has 4 aromatic carbocycles. The van der Waals surface area contributed by atoms with Crippen LogP contribution in [0.4, 0.5) is 0 Å². The second-order valence-corrected chi connectivity index (χ2v) is 16.1. The highest BCUT2D eigenvalue weighted by atomic mass is 15.4. The van der Waals surface area contributed by atoms with E-state index >= 15 is 0 Å². The minimum Gasteiger partial charge on any atom is -0.0616 e. The van der Waals surface area contributed by atoms with Crippen molar-refractivity contribution in [1.29, 1.82) is 0 Å². The van der Waals surface area contributed by atoms with Crippen molar-refractivity contribution in [1.82, 2.24) is 0 Å². The third kappa shape index (κ3) is 5.01. The van der Waals surface area contributed by atoms with Crippen molar-refractivity contribution in [2.24, 2.45) is 0 Å². The van der Waals surface area contributed by atoms with Gasteiger partial charge in [-0.2, -0.15) is 0 Å². The molecule has 0 atom stereocenters. The van der Waals surface area contributed by atoms with E-state index in [1.165, 1.54) is 77.8 Å². The number of fused-ring (bicyclic) bond motifs is 5. The largest absolute Gasteiger partial charge is 0.284 e. The lowest BCUT2D eigenvalue weighted by molar-refractivity contribution is -1.29. The van der Waals surface area contributed by atoms with Crippen molar-refractivity contribution in [2.75, 3.05) is 0 Å². The van der Waals surface area contributed by atoms with Crippen molar-refractivity contribution in [3.05, 3.63) is 143 Å². The van der Waals surface area contributed by atoms with E-state index in [1.54, 1.807) is 0 Å². The van der Waals surface area contributed by atoms with E-state index in [1.807, 2.05) is 0 Å². The van der Waals surface area contributed by atoms with Gasteiger partial charge in [-0.1, -0.05) is 116 Å². The number of aryl methyl sites for hydroxylation is 2. The van der Waals surface area contributed by atoms with Crippen LogP contribution in [-0.4, -0.2) is 0 Å². The van der Waals surface area contributed by atoms with Gasteiger partial charge < -0.3 is 0 Å². The summed E-state index contributed by atoms with van der Waals surface area (Å²) in [5, 5.41) is 2.64. The third-order valence-electron chi connectivity index (χ3n) is 10.4. The molecule has 0 spiro atoms. The molecule has 47 heavy (non-hydrogen) atoms. The molecule has 0 fully saturated rings. The maximum atomic E-state index is 2.42.